The van der Waals surface area contributed by atoms with Gasteiger partial charge < -0.3 is 29.7 Å². The number of carbonyl (C=O) groups excluding carboxylic acids is 2. The van der Waals surface area contributed by atoms with Crippen LogP contribution in [-0.4, -0.2) is 76.9 Å². The lowest BCUT2D eigenvalue weighted by molar-refractivity contribution is -0.161. The van der Waals surface area contributed by atoms with Crippen LogP contribution in [0.4, 0.5) is 0 Å². The van der Waals surface area contributed by atoms with E-state index in [4.69, 9.17) is 19.1 Å². The molecule has 0 bridgehead atoms. The number of phosphoric acid groups is 1. The first-order valence-corrected chi connectivity index (χ1v) is 24.9. The van der Waals surface area contributed by atoms with Crippen LogP contribution < -0.4 is 0 Å². The zero-order valence-electron chi connectivity index (χ0n) is 38.1. The SMILES string of the molecule is CC/C=C\C/C=C\C/C=C\C/C=C\C/C=C\C=C/C(O)CCC(=O)O[C@H](COC(=O)CCCCCCCCCCCCCCCCCC(C)C)COP(=O)(O)OC[C@@H](O)CO. The maximum Gasteiger partial charge on any atom is 0.472 e. The molecule has 0 amide bonds. The Labute approximate surface area is 370 Å². The summed E-state index contributed by atoms with van der Waals surface area (Å²) in [5.74, 6) is -0.388. The second-order valence-electron chi connectivity index (χ2n) is 16.1. The summed E-state index contributed by atoms with van der Waals surface area (Å²) in [4.78, 5) is 35.1. The third-order valence-electron chi connectivity index (χ3n) is 9.67. The van der Waals surface area contributed by atoms with Gasteiger partial charge in [0.15, 0.2) is 6.10 Å². The molecule has 0 saturated carbocycles. The van der Waals surface area contributed by atoms with Crippen LogP contribution >= 0.6 is 7.82 Å². The number of unbranched alkanes of at least 4 members (excludes halogenated alkanes) is 14. The number of carbonyl (C=O) groups is 2. The lowest BCUT2D eigenvalue weighted by Gasteiger charge is -2.20. The van der Waals surface area contributed by atoms with Crippen molar-refractivity contribution in [3.8, 4) is 0 Å². The van der Waals surface area contributed by atoms with Crippen molar-refractivity contribution >= 4 is 19.8 Å². The number of rotatable bonds is 42. The van der Waals surface area contributed by atoms with Crippen LogP contribution in [0.15, 0.2) is 72.9 Å². The van der Waals surface area contributed by atoms with E-state index in [-0.39, 0.29) is 19.3 Å². The third-order valence-corrected chi connectivity index (χ3v) is 10.6. The van der Waals surface area contributed by atoms with Crippen molar-refractivity contribution in [2.45, 2.75) is 193 Å². The molecule has 0 radical (unpaired) electrons. The third kappa shape index (κ3) is 43.8. The Balaban J connectivity index is 4.47. The van der Waals surface area contributed by atoms with E-state index in [9.17, 15) is 29.3 Å². The Hall–Kier alpha value is -2.63. The predicted molar refractivity (Wildman–Crippen MR) is 248 cm³/mol. The standard InChI is InChI=1S/C49H85O11P/c1-4-5-6-7-8-9-10-11-12-15-18-21-24-27-30-33-36-45(51)38-39-49(54)60-47(43-59-61(55,56)58-41-46(52)40-50)42-57-48(53)37-34-31-28-25-22-19-16-13-14-17-20-23-26-29-32-35-44(2)3/h5-6,8-9,11-12,18,21,27,30,33,36,44-47,50-52H,4,7,10,13-17,19-20,22-26,28-29,31-32,34-35,37-43H2,1-3H3,(H,55,56)/b6-5-,9-8-,12-11-,21-18-,30-27-,36-33-/t45?,46-,47+/m0/s1. The van der Waals surface area contributed by atoms with E-state index in [0.29, 0.717) is 6.42 Å². The summed E-state index contributed by atoms with van der Waals surface area (Å²) in [7, 11) is -4.69. The second kappa shape index (κ2) is 42.7. The molecule has 0 aromatic carbocycles. The summed E-state index contributed by atoms with van der Waals surface area (Å²) >= 11 is 0. The molecule has 0 fully saturated rings. The summed E-state index contributed by atoms with van der Waals surface area (Å²) in [5, 5.41) is 28.7. The summed E-state index contributed by atoms with van der Waals surface area (Å²) in [5.41, 5.74) is 0. The monoisotopic (exact) mass is 881 g/mol. The fourth-order valence-electron chi connectivity index (χ4n) is 6.05. The maximum absolute atomic E-state index is 12.6. The molecule has 0 aromatic heterocycles. The Kier molecular flexibility index (Phi) is 40.8. The molecule has 352 valence electrons. The minimum atomic E-state index is -4.69. The van der Waals surface area contributed by atoms with Gasteiger partial charge in [0.2, 0.25) is 0 Å². The molecule has 4 N–H and O–H groups in total. The lowest BCUT2D eigenvalue weighted by atomic mass is 10.0. The largest absolute Gasteiger partial charge is 0.472 e. The molecule has 0 spiro atoms. The molecule has 0 heterocycles. The normalized spacial score (nSPS) is 15.0. The van der Waals surface area contributed by atoms with Gasteiger partial charge in [0.05, 0.1) is 25.9 Å². The molecule has 0 aliphatic rings. The molecule has 4 atom stereocenters. The van der Waals surface area contributed by atoms with Crippen LogP contribution in [0.3, 0.4) is 0 Å². The van der Waals surface area contributed by atoms with Gasteiger partial charge in [0.25, 0.3) is 0 Å². The minimum absolute atomic E-state index is 0.0624. The molecule has 0 aromatic rings. The van der Waals surface area contributed by atoms with E-state index in [1.165, 1.54) is 77.0 Å². The first kappa shape index (κ1) is 58.4. The fourth-order valence-corrected chi connectivity index (χ4v) is 6.84. The van der Waals surface area contributed by atoms with Crippen LogP contribution in [0.1, 0.15) is 175 Å². The van der Waals surface area contributed by atoms with Gasteiger partial charge in [-0.25, -0.2) is 4.57 Å². The first-order valence-electron chi connectivity index (χ1n) is 23.4. The Morgan fingerprint density at radius 2 is 1.05 bits per heavy atom. The number of aliphatic hydroxyl groups is 3. The highest BCUT2D eigenvalue weighted by Gasteiger charge is 2.27. The molecule has 0 rings (SSSR count). The van der Waals surface area contributed by atoms with Crippen LogP contribution in [-0.2, 0) is 32.7 Å². The first-order chi connectivity index (χ1) is 29.5. The van der Waals surface area contributed by atoms with Crippen LogP contribution in [0.5, 0.6) is 0 Å². The van der Waals surface area contributed by atoms with Crippen molar-refractivity contribution in [2.75, 3.05) is 26.4 Å². The van der Waals surface area contributed by atoms with E-state index in [2.05, 4.69) is 73.9 Å². The molecule has 0 aliphatic carbocycles. The highest BCUT2D eigenvalue weighted by molar-refractivity contribution is 7.47. The molecule has 11 nitrogen and oxygen atoms in total. The van der Waals surface area contributed by atoms with Gasteiger partial charge in [-0.1, -0.05) is 190 Å². The minimum Gasteiger partial charge on any atom is -0.462 e. The molecule has 2 unspecified atom stereocenters. The number of esters is 2. The van der Waals surface area contributed by atoms with E-state index >= 15 is 0 Å². The van der Waals surface area contributed by atoms with Crippen molar-refractivity contribution in [3.05, 3.63) is 72.9 Å². The highest BCUT2D eigenvalue weighted by Crippen LogP contribution is 2.43. The summed E-state index contributed by atoms with van der Waals surface area (Å²) < 4.78 is 32.6. The lowest BCUT2D eigenvalue weighted by Crippen LogP contribution is -2.30. The van der Waals surface area contributed by atoms with Crippen molar-refractivity contribution < 1.29 is 52.9 Å². The molecule has 0 saturated heterocycles. The van der Waals surface area contributed by atoms with Crippen LogP contribution in [0.25, 0.3) is 0 Å². The van der Waals surface area contributed by atoms with Crippen molar-refractivity contribution in [2.24, 2.45) is 5.92 Å². The number of aliphatic hydroxyl groups excluding tert-OH is 3. The van der Waals surface area contributed by atoms with E-state index < -0.39 is 64.5 Å². The van der Waals surface area contributed by atoms with Gasteiger partial charge in [0.1, 0.15) is 12.7 Å². The zero-order chi connectivity index (χ0) is 45.1. The van der Waals surface area contributed by atoms with Gasteiger partial charge in [-0.3, -0.25) is 18.6 Å². The van der Waals surface area contributed by atoms with E-state index in [1.807, 2.05) is 12.2 Å². The summed E-state index contributed by atoms with van der Waals surface area (Å²) in [6.45, 7) is 4.33. The van der Waals surface area contributed by atoms with Gasteiger partial charge in [-0.05, 0) is 50.9 Å². The number of allylic oxidation sites excluding steroid dienone is 11. The second-order valence-corrected chi connectivity index (χ2v) is 17.5. The molecule has 61 heavy (non-hydrogen) atoms. The maximum atomic E-state index is 12.6. The number of hydrogen-bond donors (Lipinski definition) is 4. The summed E-state index contributed by atoms with van der Waals surface area (Å²) in [6, 6.07) is 0. The molecule has 0 aliphatic heterocycles. The van der Waals surface area contributed by atoms with Crippen molar-refractivity contribution in [1.29, 1.82) is 0 Å². The highest BCUT2D eigenvalue weighted by atomic mass is 31.2. The number of ether oxygens (including phenoxy) is 2. The Morgan fingerprint density at radius 3 is 1.56 bits per heavy atom. The predicted octanol–water partition coefficient (Wildman–Crippen LogP) is 11.7. The zero-order valence-corrected chi connectivity index (χ0v) is 39.0. The van der Waals surface area contributed by atoms with Crippen LogP contribution in [0.2, 0.25) is 0 Å². The number of hydrogen-bond acceptors (Lipinski definition) is 10. The van der Waals surface area contributed by atoms with Gasteiger partial charge >= 0.3 is 19.8 Å². The Morgan fingerprint density at radius 1 is 0.574 bits per heavy atom. The van der Waals surface area contributed by atoms with Gasteiger partial charge in [0, 0.05) is 12.8 Å². The van der Waals surface area contributed by atoms with Crippen molar-refractivity contribution in [1.82, 2.24) is 0 Å². The topological polar surface area (TPSA) is 169 Å². The molecular weight excluding hydrogens is 796 g/mol. The average Bonchev–Trinajstić information content (AvgIpc) is 3.23. The smallest absolute Gasteiger partial charge is 0.462 e. The quantitative estimate of drug-likeness (QED) is 0.0151. The Bertz CT molecular complexity index is 1270. The summed E-state index contributed by atoms with van der Waals surface area (Å²) in [6.07, 6.45) is 44.9. The van der Waals surface area contributed by atoms with Gasteiger partial charge in [-0.15, -0.1) is 0 Å². The number of phosphoric ester groups is 1. The molecular formula is C49H85O11P. The average molecular weight is 881 g/mol. The van der Waals surface area contributed by atoms with E-state index in [1.54, 1.807) is 12.2 Å². The fraction of sp³-hybridized carbons (Fsp3) is 0.714. The van der Waals surface area contributed by atoms with Crippen LogP contribution in [0, 0.1) is 5.92 Å². The van der Waals surface area contributed by atoms with Gasteiger partial charge in [-0.2, -0.15) is 0 Å². The van der Waals surface area contributed by atoms with E-state index in [0.717, 1.165) is 57.3 Å². The molecule has 12 heteroatoms. The van der Waals surface area contributed by atoms with Crippen molar-refractivity contribution in [3.63, 3.8) is 0 Å².